The maximum atomic E-state index is 15.0. The van der Waals surface area contributed by atoms with Gasteiger partial charge in [-0.05, 0) is 57.2 Å². The molecule has 0 aliphatic rings. The number of halogens is 1. The number of fused-ring (bicyclic) bond motifs is 1. The van der Waals surface area contributed by atoms with Crippen molar-refractivity contribution in [3.63, 3.8) is 0 Å². The van der Waals surface area contributed by atoms with Crippen LogP contribution in [0.3, 0.4) is 0 Å². The molecule has 5 nitrogen and oxygen atoms in total. The molecule has 154 valence electrons. The fourth-order valence-corrected chi connectivity index (χ4v) is 3.82. The minimum atomic E-state index is -0.381. The molecule has 1 N–H and O–H groups in total. The van der Waals surface area contributed by atoms with Crippen molar-refractivity contribution in [2.75, 3.05) is 0 Å². The topological polar surface area (TPSA) is 62.5 Å². The fourth-order valence-electron chi connectivity index (χ4n) is 3.82. The highest BCUT2D eigenvalue weighted by molar-refractivity contribution is 5.87. The summed E-state index contributed by atoms with van der Waals surface area (Å²) in [7, 11) is 0. The van der Waals surface area contributed by atoms with Gasteiger partial charge >= 0.3 is 0 Å². The van der Waals surface area contributed by atoms with Crippen molar-refractivity contribution in [1.82, 2.24) is 14.6 Å². The molecule has 2 heterocycles. The first-order valence-corrected chi connectivity index (χ1v) is 10.3. The van der Waals surface area contributed by atoms with Crippen LogP contribution in [0.5, 0.6) is 0 Å². The molecule has 29 heavy (non-hydrogen) atoms. The van der Waals surface area contributed by atoms with E-state index in [2.05, 4.69) is 28.9 Å². The number of aromatic amines is 1. The van der Waals surface area contributed by atoms with Gasteiger partial charge in [0.1, 0.15) is 11.5 Å². The number of H-pyrrole nitrogens is 1. The maximum absolute atomic E-state index is 15.0. The van der Waals surface area contributed by atoms with Crippen LogP contribution in [0.25, 0.3) is 16.9 Å². The zero-order chi connectivity index (χ0) is 21.1. The summed E-state index contributed by atoms with van der Waals surface area (Å²) in [5.41, 5.74) is 4.13. The van der Waals surface area contributed by atoms with Crippen molar-refractivity contribution in [2.45, 2.75) is 60.3 Å². The van der Waals surface area contributed by atoms with Crippen LogP contribution in [0.15, 0.2) is 34.2 Å². The van der Waals surface area contributed by atoms with Crippen molar-refractivity contribution >= 4 is 17.0 Å². The van der Waals surface area contributed by atoms with Gasteiger partial charge in [-0.3, -0.25) is 14.9 Å². The van der Waals surface area contributed by atoms with Crippen LogP contribution in [-0.2, 0) is 0 Å². The van der Waals surface area contributed by atoms with E-state index in [9.17, 15) is 9.18 Å². The van der Waals surface area contributed by atoms with E-state index < -0.39 is 0 Å². The van der Waals surface area contributed by atoms with E-state index in [1.165, 1.54) is 12.1 Å². The first-order chi connectivity index (χ1) is 13.8. The Bertz CT molecular complexity index is 1080. The molecular formula is C23H29FN4O. The van der Waals surface area contributed by atoms with Crippen molar-refractivity contribution in [1.29, 1.82) is 0 Å². The summed E-state index contributed by atoms with van der Waals surface area (Å²) in [6.45, 7) is 10.00. The number of rotatable bonds is 7. The minimum absolute atomic E-state index is 0.204. The number of nitrogens with one attached hydrogen (secondary N) is 1. The number of hydrogen-bond acceptors (Lipinski definition) is 3. The zero-order valence-electron chi connectivity index (χ0n) is 17.8. The lowest BCUT2D eigenvalue weighted by Crippen LogP contribution is -2.11. The van der Waals surface area contributed by atoms with E-state index >= 15 is 0 Å². The van der Waals surface area contributed by atoms with Gasteiger partial charge in [-0.2, -0.15) is 0 Å². The number of hydrogen-bond donors (Lipinski definition) is 1. The summed E-state index contributed by atoms with van der Waals surface area (Å²) >= 11 is 0. The van der Waals surface area contributed by atoms with Crippen LogP contribution < -0.4 is 5.43 Å². The lowest BCUT2D eigenvalue weighted by molar-refractivity contribution is 0.556. The molecule has 0 fully saturated rings. The second-order valence-corrected chi connectivity index (χ2v) is 7.76. The molecule has 0 spiro atoms. The normalized spacial score (nSPS) is 12.3. The Balaban J connectivity index is 2.01. The number of aromatic nitrogens is 3. The molecule has 0 aliphatic heterocycles. The van der Waals surface area contributed by atoms with Crippen LogP contribution in [0.1, 0.15) is 57.7 Å². The van der Waals surface area contributed by atoms with E-state index in [0.29, 0.717) is 28.5 Å². The molecule has 0 bridgehead atoms. The highest BCUT2D eigenvalue weighted by atomic mass is 19.1. The summed E-state index contributed by atoms with van der Waals surface area (Å²) in [6, 6.07) is 4.77. The van der Waals surface area contributed by atoms with E-state index in [4.69, 9.17) is 0 Å². The predicted octanol–water partition coefficient (Wildman–Crippen LogP) is 5.75. The Labute approximate surface area is 170 Å². The molecular weight excluding hydrogens is 367 g/mol. The van der Waals surface area contributed by atoms with Crippen molar-refractivity contribution in [3.05, 3.63) is 51.7 Å². The van der Waals surface area contributed by atoms with Crippen LogP contribution in [0.2, 0.25) is 0 Å². The molecule has 0 radical (unpaired) electrons. The third kappa shape index (κ3) is 4.47. The molecule has 0 atom stereocenters. The second-order valence-electron chi connectivity index (χ2n) is 7.76. The van der Waals surface area contributed by atoms with Gasteiger partial charge in [-0.25, -0.2) is 13.9 Å². The number of nitrogens with zero attached hydrogens (tertiary/aromatic N) is 3. The Hall–Kier alpha value is -2.76. The predicted molar refractivity (Wildman–Crippen MR) is 117 cm³/mol. The van der Waals surface area contributed by atoms with Gasteiger partial charge in [0, 0.05) is 17.3 Å². The summed E-state index contributed by atoms with van der Waals surface area (Å²) in [5, 5.41) is 3.12. The summed E-state index contributed by atoms with van der Waals surface area (Å²) < 4.78 is 16.6. The number of benzene rings is 1. The van der Waals surface area contributed by atoms with E-state index in [-0.39, 0.29) is 11.2 Å². The highest BCUT2D eigenvalue weighted by Gasteiger charge is 2.15. The van der Waals surface area contributed by atoms with E-state index in [0.717, 1.165) is 42.7 Å². The molecule has 0 amide bonds. The van der Waals surface area contributed by atoms with E-state index in [1.54, 1.807) is 10.7 Å². The lowest BCUT2D eigenvalue weighted by Gasteiger charge is -2.16. The molecule has 0 saturated heterocycles. The summed E-state index contributed by atoms with van der Waals surface area (Å²) in [4.78, 5) is 21.2. The van der Waals surface area contributed by atoms with Gasteiger partial charge < -0.3 is 0 Å². The molecule has 0 saturated carbocycles. The monoisotopic (exact) mass is 396 g/mol. The Morgan fingerprint density at radius 2 is 1.90 bits per heavy atom. The van der Waals surface area contributed by atoms with Crippen LogP contribution in [0.4, 0.5) is 10.1 Å². The first kappa shape index (κ1) is 21.0. The van der Waals surface area contributed by atoms with Crippen molar-refractivity contribution in [3.8, 4) is 11.3 Å². The maximum Gasteiger partial charge on any atom is 0.225 e. The quantitative estimate of drug-likeness (QED) is 0.517. The van der Waals surface area contributed by atoms with E-state index in [1.807, 2.05) is 26.8 Å². The largest absolute Gasteiger partial charge is 0.292 e. The Morgan fingerprint density at radius 1 is 1.21 bits per heavy atom. The smallest absolute Gasteiger partial charge is 0.225 e. The molecule has 3 aromatic rings. The van der Waals surface area contributed by atoms with Gasteiger partial charge in [-0.1, -0.05) is 26.7 Å². The van der Waals surface area contributed by atoms with Gasteiger partial charge in [0.15, 0.2) is 5.65 Å². The number of imidazole rings is 1. The SMILES string of the molecule is CCCC(CCC)C(C)=Nc1c(C)cc(-c2cc(=O)c3nc(C)cn3[nH]2)cc1F. The van der Waals surface area contributed by atoms with Crippen molar-refractivity contribution in [2.24, 2.45) is 10.9 Å². The molecule has 1 aromatic carbocycles. The van der Waals surface area contributed by atoms with Gasteiger partial charge in [0.25, 0.3) is 0 Å². The standard InChI is InChI=1S/C23H29FN4O/c1-6-8-17(9-7-2)16(5)26-22-14(3)10-18(11-19(22)24)20-12-21(29)23-25-15(4)13-28(23)27-20/h10-13,17,27H,6-9H2,1-5H3. The molecule has 0 aliphatic carbocycles. The van der Waals surface area contributed by atoms with Crippen LogP contribution >= 0.6 is 0 Å². The summed E-state index contributed by atoms with van der Waals surface area (Å²) in [5.74, 6) is 0.000531. The average molecular weight is 397 g/mol. The zero-order valence-corrected chi connectivity index (χ0v) is 17.8. The van der Waals surface area contributed by atoms with Gasteiger partial charge in [0.2, 0.25) is 5.43 Å². The van der Waals surface area contributed by atoms with Gasteiger partial charge in [0.05, 0.1) is 17.6 Å². The Kier molecular flexibility index (Phi) is 6.30. The number of aryl methyl sites for hydroxylation is 2. The first-order valence-electron chi connectivity index (χ1n) is 10.3. The van der Waals surface area contributed by atoms with Gasteiger partial charge in [-0.15, -0.1) is 0 Å². The summed E-state index contributed by atoms with van der Waals surface area (Å²) in [6.07, 6.45) is 6.04. The fraction of sp³-hybridized carbons (Fsp3) is 0.435. The molecule has 2 aromatic heterocycles. The molecule has 3 rings (SSSR count). The highest BCUT2D eigenvalue weighted by Crippen LogP contribution is 2.30. The van der Waals surface area contributed by atoms with Crippen LogP contribution in [0, 0.1) is 25.6 Å². The minimum Gasteiger partial charge on any atom is -0.292 e. The molecule has 6 heteroatoms. The second kappa shape index (κ2) is 8.72. The Morgan fingerprint density at radius 3 is 2.52 bits per heavy atom. The lowest BCUT2D eigenvalue weighted by atomic mass is 9.93. The third-order valence-electron chi connectivity index (χ3n) is 5.28. The average Bonchev–Trinajstić information content (AvgIpc) is 3.05. The van der Waals surface area contributed by atoms with Crippen molar-refractivity contribution < 1.29 is 4.39 Å². The molecule has 0 unspecified atom stereocenters. The number of aliphatic imine (C=N–C) groups is 1. The third-order valence-corrected chi connectivity index (χ3v) is 5.28. The van der Waals surface area contributed by atoms with Crippen LogP contribution in [-0.4, -0.2) is 20.3 Å².